The molecule has 0 heterocycles. The Bertz CT molecular complexity index is 582. The molecule has 98 valence electrons. The van der Waals surface area contributed by atoms with E-state index in [-0.39, 0.29) is 5.78 Å². The van der Waals surface area contributed by atoms with E-state index in [4.69, 9.17) is 11.6 Å². The minimum atomic E-state index is 0.140. The van der Waals surface area contributed by atoms with Crippen LogP contribution in [0.25, 0.3) is 0 Å². The molecule has 0 unspecified atom stereocenters. The number of hydrogen-bond acceptors (Lipinski definition) is 1. The summed E-state index contributed by atoms with van der Waals surface area (Å²) in [5.74, 6) is 0.140. The fourth-order valence-corrected chi connectivity index (χ4v) is 2.47. The molecule has 0 N–H and O–H groups in total. The first-order chi connectivity index (χ1) is 9.04. The first-order valence-electron chi connectivity index (χ1n) is 6.40. The average Bonchev–Trinajstić information content (AvgIpc) is 2.35. The number of rotatable bonds is 4. The van der Waals surface area contributed by atoms with Crippen LogP contribution in [0.1, 0.15) is 33.5 Å². The van der Waals surface area contributed by atoms with Crippen molar-refractivity contribution in [1.82, 2.24) is 0 Å². The van der Waals surface area contributed by atoms with E-state index in [1.165, 1.54) is 16.7 Å². The Labute approximate surface area is 119 Å². The maximum absolute atomic E-state index is 12.1. The maximum atomic E-state index is 12.1. The van der Waals surface area contributed by atoms with Crippen LogP contribution in [0.2, 0.25) is 5.02 Å². The van der Waals surface area contributed by atoms with Gasteiger partial charge in [0.2, 0.25) is 0 Å². The van der Waals surface area contributed by atoms with Crippen molar-refractivity contribution < 1.29 is 4.79 Å². The van der Waals surface area contributed by atoms with Crippen LogP contribution in [0.5, 0.6) is 0 Å². The number of carbonyl (C=O) groups excluding carboxylic acids is 1. The summed E-state index contributed by atoms with van der Waals surface area (Å²) in [6, 6.07) is 13.6. The first kappa shape index (κ1) is 13.8. The normalized spacial score (nSPS) is 10.5. The Balaban J connectivity index is 2.04. The number of benzene rings is 2. The van der Waals surface area contributed by atoms with Crippen LogP contribution >= 0.6 is 11.6 Å². The van der Waals surface area contributed by atoms with Gasteiger partial charge in [0.15, 0.2) is 5.78 Å². The Hall–Kier alpha value is -1.60. The van der Waals surface area contributed by atoms with E-state index in [0.717, 1.165) is 6.42 Å². The van der Waals surface area contributed by atoms with Crippen LogP contribution in [0, 0.1) is 13.8 Å². The smallest absolute Gasteiger partial charge is 0.163 e. The summed E-state index contributed by atoms with van der Waals surface area (Å²) in [4.78, 5) is 12.1. The highest BCUT2D eigenvalue weighted by Gasteiger charge is 2.07. The third-order valence-corrected chi connectivity index (χ3v) is 3.30. The van der Waals surface area contributed by atoms with Crippen molar-refractivity contribution in [2.75, 3.05) is 0 Å². The fourth-order valence-electron chi connectivity index (χ4n) is 2.28. The molecule has 0 bridgehead atoms. The van der Waals surface area contributed by atoms with Gasteiger partial charge in [-0.3, -0.25) is 4.79 Å². The standard InChI is InChI=1S/C17H17ClO/c1-12-8-13(2)10-14(9-12)6-7-17(19)15-4-3-5-16(18)11-15/h3-5,8-11H,6-7H2,1-2H3. The molecule has 2 heteroatoms. The van der Waals surface area contributed by atoms with E-state index in [2.05, 4.69) is 32.0 Å². The third-order valence-electron chi connectivity index (χ3n) is 3.07. The summed E-state index contributed by atoms with van der Waals surface area (Å²) in [5, 5.41) is 0.609. The molecule has 2 aromatic carbocycles. The van der Waals surface area contributed by atoms with Gasteiger partial charge in [-0.1, -0.05) is 53.1 Å². The molecule has 0 atom stereocenters. The van der Waals surface area contributed by atoms with Gasteiger partial charge in [0.25, 0.3) is 0 Å². The molecule has 0 amide bonds. The highest BCUT2D eigenvalue weighted by Crippen LogP contribution is 2.15. The monoisotopic (exact) mass is 272 g/mol. The Morgan fingerprint density at radius 3 is 2.37 bits per heavy atom. The van der Waals surface area contributed by atoms with E-state index in [1.54, 1.807) is 12.1 Å². The number of halogens is 1. The van der Waals surface area contributed by atoms with Gasteiger partial charge < -0.3 is 0 Å². The zero-order valence-corrected chi connectivity index (χ0v) is 12.0. The van der Waals surface area contributed by atoms with E-state index < -0.39 is 0 Å². The molecule has 0 aliphatic carbocycles. The summed E-state index contributed by atoms with van der Waals surface area (Å²) >= 11 is 5.90. The van der Waals surface area contributed by atoms with Crippen LogP contribution in [0.3, 0.4) is 0 Å². The Morgan fingerprint density at radius 2 is 1.74 bits per heavy atom. The van der Waals surface area contributed by atoms with Gasteiger partial charge in [-0.05, 0) is 38.0 Å². The van der Waals surface area contributed by atoms with Crippen molar-refractivity contribution in [1.29, 1.82) is 0 Å². The molecule has 0 saturated heterocycles. The van der Waals surface area contributed by atoms with Gasteiger partial charge in [-0.25, -0.2) is 0 Å². The van der Waals surface area contributed by atoms with Crippen molar-refractivity contribution in [3.8, 4) is 0 Å². The topological polar surface area (TPSA) is 17.1 Å². The molecule has 0 radical (unpaired) electrons. The minimum Gasteiger partial charge on any atom is -0.294 e. The molecule has 2 aromatic rings. The highest BCUT2D eigenvalue weighted by molar-refractivity contribution is 6.31. The zero-order valence-electron chi connectivity index (χ0n) is 11.2. The van der Waals surface area contributed by atoms with E-state index in [1.807, 2.05) is 12.1 Å². The number of aryl methyl sites for hydroxylation is 3. The molecular formula is C17H17ClO. The summed E-state index contributed by atoms with van der Waals surface area (Å²) < 4.78 is 0. The SMILES string of the molecule is Cc1cc(C)cc(CCC(=O)c2cccc(Cl)c2)c1. The molecule has 0 saturated carbocycles. The molecule has 0 aliphatic heterocycles. The van der Waals surface area contributed by atoms with Crippen molar-refractivity contribution in [3.63, 3.8) is 0 Å². The van der Waals surface area contributed by atoms with Crippen molar-refractivity contribution in [2.24, 2.45) is 0 Å². The molecule has 1 nitrogen and oxygen atoms in total. The largest absolute Gasteiger partial charge is 0.294 e. The van der Waals surface area contributed by atoms with Crippen molar-refractivity contribution >= 4 is 17.4 Å². The van der Waals surface area contributed by atoms with E-state index >= 15 is 0 Å². The van der Waals surface area contributed by atoms with Gasteiger partial charge in [0.05, 0.1) is 0 Å². The lowest BCUT2D eigenvalue weighted by atomic mass is 10.00. The van der Waals surface area contributed by atoms with Gasteiger partial charge in [-0.15, -0.1) is 0 Å². The van der Waals surface area contributed by atoms with Crippen molar-refractivity contribution in [2.45, 2.75) is 26.7 Å². The fraction of sp³-hybridized carbons (Fsp3) is 0.235. The second kappa shape index (κ2) is 6.03. The van der Waals surface area contributed by atoms with Gasteiger partial charge in [-0.2, -0.15) is 0 Å². The first-order valence-corrected chi connectivity index (χ1v) is 6.78. The second-order valence-corrected chi connectivity index (χ2v) is 5.37. The minimum absolute atomic E-state index is 0.140. The maximum Gasteiger partial charge on any atom is 0.163 e. The molecule has 19 heavy (non-hydrogen) atoms. The molecular weight excluding hydrogens is 256 g/mol. The predicted molar refractivity (Wildman–Crippen MR) is 80.0 cm³/mol. The van der Waals surface area contributed by atoms with Crippen LogP contribution in [0.4, 0.5) is 0 Å². The summed E-state index contributed by atoms with van der Waals surface area (Å²) in [7, 11) is 0. The molecule has 0 aliphatic rings. The van der Waals surface area contributed by atoms with Gasteiger partial charge in [0.1, 0.15) is 0 Å². The van der Waals surface area contributed by atoms with Gasteiger partial charge >= 0.3 is 0 Å². The lowest BCUT2D eigenvalue weighted by molar-refractivity contribution is 0.0983. The quantitative estimate of drug-likeness (QED) is 0.733. The summed E-state index contributed by atoms with van der Waals surface area (Å²) in [6.07, 6.45) is 1.29. The number of ketones is 1. The third kappa shape index (κ3) is 3.93. The Morgan fingerprint density at radius 1 is 1.05 bits per heavy atom. The lowest BCUT2D eigenvalue weighted by Crippen LogP contribution is -2.01. The number of Topliss-reactive ketones (excluding diaryl/α,β-unsaturated/α-hetero) is 1. The Kier molecular flexibility index (Phi) is 4.39. The molecule has 0 spiro atoms. The van der Waals surface area contributed by atoms with Crippen LogP contribution in [-0.2, 0) is 6.42 Å². The second-order valence-electron chi connectivity index (χ2n) is 4.93. The molecule has 2 rings (SSSR count). The predicted octanol–water partition coefficient (Wildman–Crippen LogP) is 4.77. The van der Waals surface area contributed by atoms with E-state index in [0.29, 0.717) is 17.0 Å². The molecule has 0 fully saturated rings. The van der Waals surface area contributed by atoms with Crippen LogP contribution in [0.15, 0.2) is 42.5 Å². The summed E-state index contributed by atoms with van der Waals surface area (Å²) in [6.45, 7) is 4.16. The number of hydrogen-bond donors (Lipinski definition) is 0. The zero-order chi connectivity index (χ0) is 13.8. The lowest BCUT2D eigenvalue weighted by Gasteiger charge is -2.05. The van der Waals surface area contributed by atoms with Gasteiger partial charge in [0, 0.05) is 17.0 Å². The number of carbonyl (C=O) groups is 1. The average molecular weight is 273 g/mol. The van der Waals surface area contributed by atoms with E-state index in [9.17, 15) is 4.79 Å². The highest BCUT2D eigenvalue weighted by atomic mass is 35.5. The molecule has 0 aromatic heterocycles. The van der Waals surface area contributed by atoms with Crippen LogP contribution < -0.4 is 0 Å². The summed E-state index contributed by atoms with van der Waals surface area (Å²) in [5.41, 5.74) is 4.39. The van der Waals surface area contributed by atoms with Crippen LogP contribution in [-0.4, -0.2) is 5.78 Å². The van der Waals surface area contributed by atoms with Crippen molar-refractivity contribution in [3.05, 3.63) is 69.7 Å².